The zero-order valence-corrected chi connectivity index (χ0v) is 12.2. The van der Waals surface area contributed by atoms with Crippen LogP contribution in [-0.4, -0.2) is 17.3 Å². The molecule has 0 aliphatic carbocycles. The van der Waals surface area contributed by atoms with Crippen molar-refractivity contribution in [3.8, 4) is 0 Å². The first-order valence-corrected chi connectivity index (χ1v) is 8.18. The Bertz CT molecular complexity index is 817. The van der Waals surface area contributed by atoms with E-state index in [1.807, 2.05) is 0 Å². The largest absolute Gasteiger partial charge is 0.587 e. The monoisotopic (exact) mass is 323 g/mol. The van der Waals surface area contributed by atoms with E-state index in [-0.39, 0.29) is 5.03 Å². The van der Waals surface area contributed by atoms with Crippen LogP contribution in [0.4, 0.5) is 4.39 Å². The molecule has 2 unspecified atom stereocenters. The second kappa shape index (κ2) is 5.61. The highest BCUT2D eigenvalue weighted by Gasteiger charge is 2.24. The molecule has 0 bridgehead atoms. The second-order valence-corrected chi connectivity index (χ2v) is 6.54. The Morgan fingerprint density at radius 3 is 2.48 bits per heavy atom. The summed E-state index contributed by atoms with van der Waals surface area (Å²) in [4.78, 5) is 0.351. The predicted octanol–water partition coefficient (Wildman–Crippen LogP) is 2.93. The Kier molecular flexibility index (Phi) is 3.81. The smallest absolute Gasteiger partial charge is 0.208 e. The van der Waals surface area contributed by atoms with Gasteiger partial charge in [-0.15, -0.1) is 3.97 Å². The van der Waals surface area contributed by atoms with Gasteiger partial charge in [-0.05, 0) is 36.4 Å². The summed E-state index contributed by atoms with van der Waals surface area (Å²) in [5.41, 5.74) is 0.581. The third-order valence-corrected chi connectivity index (χ3v) is 5.17. The highest BCUT2D eigenvalue weighted by molar-refractivity contribution is 7.90. The first-order chi connectivity index (χ1) is 10.1. The summed E-state index contributed by atoms with van der Waals surface area (Å²) in [7, 11) is 0. The number of rotatable bonds is 3. The van der Waals surface area contributed by atoms with E-state index in [1.165, 1.54) is 34.3 Å². The maximum absolute atomic E-state index is 13.0. The molecule has 2 atom stereocenters. The summed E-state index contributed by atoms with van der Waals surface area (Å²) in [5, 5.41) is 0.754. The van der Waals surface area contributed by atoms with Crippen molar-refractivity contribution in [1.29, 1.82) is 0 Å². The standard InChI is InChI=1S/C14H10FNO3S2/c15-11-5-7-12(8-6-11)20(17)16-13-4-2-1-3-10(13)9-14(16)21(18)19/h1-9H,(H,18,19). The Morgan fingerprint density at radius 2 is 1.81 bits per heavy atom. The molecule has 0 saturated carbocycles. The zero-order chi connectivity index (χ0) is 15.0. The fourth-order valence-electron chi connectivity index (χ4n) is 2.05. The predicted molar refractivity (Wildman–Crippen MR) is 79.2 cm³/mol. The number of fused-ring (bicyclic) bond motifs is 1. The van der Waals surface area contributed by atoms with Gasteiger partial charge >= 0.3 is 0 Å². The summed E-state index contributed by atoms with van der Waals surface area (Å²) < 4.78 is 47.8. The van der Waals surface area contributed by atoms with Crippen molar-refractivity contribution in [1.82, 2.24) is 3.97 Å². The molecule has 4 nitrogen and oxygen atoms in total. The highest BCUT2D eigenvalue weighted by atomic mass is 32.2. The van der Waals surface area contributed by atoms with E-state index in [9.17, 15) is 17.7 Å². The van der Waals surface area contributed by atoms with Gasteiger partial charge in [0.25, 0.3) is 0 Å². The minimum atomic E-state index is -2.28. The molecule has 0 aliphatic rings. The number of aromatic nitrogens is 1. The summed E-state index contributed by atoms with van der Waals surface area (Å²) in [6.45, 7) is 0. The van der Waals surface area contributed by atoms with Gasteiger partial charge < -0.3 is 9.11 Å². The fraction of sp³-hybridized carbons (Fsp3) is 0. The van der Waals surface area contributed by atoms with Gasteiger partial charge in [-0.2, -0.15) is 0 Å². The molecule has 1 aromatic heterocycles. The van der Waals surface area contributed by atoms with Crippen molar-refractivity contribution in [3.05, 3.63) is 60.4 Å². The molecule has 0 radical (unpaired) electrons. The van der Waals surface area contributed by atoms with E-state index in [1.54, 1.807) is 24.3 Å². The summed E-state index contributed by atoms with van der Waals surface area (Å²) in [6, 6.07) is 13.7. The first kappa shape index (κ1) is 14.3. The van der Waals surface area contributed by atoms with Crippen LogP contribution in [0.1, 0.15) is 0 Å². The van der Waals surface area contributed by atoms with Gasteiger partial charge in [-0.25, -0.2) is 8.60 Å². The molecule has 0 saturated heterocycles. The molecule has 21 heavy (non-hydrogen) atoms. The van der Waals surface area contributed by atoms with Crippen LogP contribution in [0, 0.1) is 5.82 Å². The summed E-state index contributed by atoms with van der Waals surface area (Å²) in [5.74, 6) is -0.431. The Hall–Kier alpha value is -1.67. The third-order valence-electron chi connectivity index (χ3n) is 2.99. The van der Waals surface area contributed by atoms with Crippen molar-refractivity contribution < 1.29 is 17.7 Å². The average Bonchev–Trinajstić information content (AvgIpc) is 2.87. The van der Waals surface area contributed by atoms with E-state index in [0.29, 0.717) is 15.8 Å². The van der Waals surface area contributed by atoms with Gasteiger partial charge in [-0.1, -0.05) is 18.2 Å². The molecule has 1 heterocycles. The molecule has 3 aromatic rings. The minimum Gasteiger partial charge on any atom is -0.587 e. The lowest BCUT2D eigenvalue weighted by Crippen LogP contribution is -2.16. The third kappa shape index (κ3) is 2.60. The number of benzene rings is 2. The van der Waals surface area contributed by atoms with E-state index < -0.39 is 28.3 Å². The van der Waals surface area contributed by atoms with Crippen molar-refractivity contribution in [3.63, 3.8) is 0 Å². The first-order valence-electron chi connectivity index (χ1n) is 5.97. The lowest BCUT2D eigenvalue weighted by atomic mass is 10.3. The van der Waals surface area contributed by atoms with Crippen molar-refractivity contribution in [2.24, 2.45) is 0 Å². The van der Waals surface area contributed by atoms with Gasteiger partial charge in [0.15, 0.2) is 9.92 Å². The maximum Gasteiger partial charge on any atom is 0.208 e. The van der Waals surface area contributed by atoms with Crippen LogP contribution >= 0.6 is 0 Å². The van der Waals surface area contributed by atoms with Crippen molar-refractivity contribution >= 4 is 33.3 Å². The van der Waals surface area contributed by atoms with Gasteiger partial charge in [0, 0.05) is 5.39 Å². The van der Waals surface area contributed by atoms with Crippen LogP contribution in [-0.2, 0) is 22.4 Å². The van der Waals surface area contributed by atoms with Crippen LogP contribution in [0.5, 0.6) is 0 Å². The molecule has 3 rings (SSSR count). The number of halogens is 1. The second-order valence-electron chi connectivity index (χ2n) is 4.29. The molecule has 7 heteroatoms. The van der Waals surface area contributed by atoms with Gasteiger partial charge in [0.2, 0.25) is 11.1 Å². The van der Waals surface area contributed by atoms with Crippen LogP contribution in [0.2, 0.25) is 0 Å². The van der Waals surface area contributed by atoms with Crippen molar-refractivity contribution in [2.75, 3.05) is 0 Å². The number of nitrogens with zero attached hydrogens (tertiary/aromatic N) is 1. The fourth-order valence-corrected chi connectivity index (χ4v) is 4.06. The molecule has 108 valence electrons. The summed E-state index contributed by atoms with van der Waals surface area (Å²) in [6.07, 6.45) is 0. The molecule has 0 fully saturated rings. The Balaban J connectivity index is 2.20. The van der Waals surface area contributed by atoms with E-state index in [4.69, 9.17) is 0 Å². The minimum absolute atomic E-state index is 0.0406. The van der Waals surface area contributed by atoms with E-state index in [0.717, 1.165) is 0 Å². The summed E-state index contributed by atoms with van der Waals surface area (Å²) >= 11 is -4.01. The average molecular weight is 323 g/mol. The topological polar surface area (TPSA) is 65.3 Å². The Labute approximate surface area is 125 Å². The van der Waals surface area contributed by atoms with Crippen LogP contribution in [0.3, 0.4) is 0 Å². The lowest BCUT2D eigenvalue weighted by Gasteiger charge is -2.13. The van der Waals surface area contributed by atoms with Gasteiger partial charge in [-0.3, -0.25) is 0 Å². The van der Waals surface area contributed by atoms with E-state index in [2.05, 4.69) is 0 Å². The molecular formula is C14H10FNO3S2. The number of para-hydroxylation sites is 1. The molecule has 2 aromatic carbocycles. The van der Waals surface area contributed by atoms with Gasteiger partial charge in [0.1, 0.15) is 17.2 Å². The number of hydrogen-bond donors (Lipinski definition) is 1. The quantitative estimate of drug-likeness (QED) is 0.595. The van der Waals surface area contributed by atoms with Crippen LogP contribution in [0.15, 0.2) is 64.5 Å². The maximum atomic E-state index is 13.0. The Morgan fingerprint density at radius 1 is 1.14 bits per heavy atom. The molecular weight excluding hydrogens is 313 g/mol. The molecule has 0 amide bonds. The van der Waals surface area contributed by atoms with Crippen LogP contribution < -0.4 is 0 Å². The zero-order valence-electron chi connectivity index (χ0n) is 10.6. The normalized spacial score (nSPS) is 14.2. The molecule has 0 aliphatic heterocycles. The van der Waals surface area contributed by atoms with E-state index >= 15 is 0 Å². The highest BCUT2D eigenvalue weighted by Crippen LogP contribution is 2.27. The molecule has 1 N–H and O–H groups in total. The molecule has 0 spiro atoms. The lowest BCUT2D eigenvalue weighted by molar-refractivity contribution is 0.553. The van der Waals surface area contributed by atoms with Crippen molar-refractivity contribution in [2.45, 2.75) is 9.92 Å². The van der Waals surface area contributed by atoms with Crippen LogP contribution in [0.25, 0.3) is 10.9 Å². The van der Waals surface area contributed by atoms with Gasteiger partial charge in [0.05, 0.1) is 5.52 Å². The number of hydrogen-bond acceptors (Lipinski definition) is 2. The SMILES string of the molecule is O=S(O)c1cc2ccccc2n1[S+]([O-])c1ccc(F)cc1.